The molecule has 0 fully saturated rings. The summed E-state index contributed by atoms with van der Waals surface area (Å²) in [5, 5.41) is 49.3. The third-order valence-corrected chi connectivity index (χ3v) is 7.05. The molecule has 4 aromatic carbocycles. The molecule has 2 heterocycles. The van der Waals surface area contributed by atoms with E-state index in [9.17, 15) is 25.5 Å². The molecule has 0 spiro atoms. The summed E-state index contributed by atoms with van der Waals surface area (Å²) in [6.07, 6.45) is -1.38. The zero-order valence-electron chi connectivity index (χ0n) is 21.3. The highest BCUT2D eigenvalue weighted by Gasteiger charge is 2.32. The Morgan fingerprint density at radius 1 is 0.615 bits per heavy atom. The molecular formula is C31H30O8. The zero-order chi connectivity index (χ0) is 27.5. The lowest BCUT2D eigenvalue weighted by atomic mass is 9.87. The fourth-order valence-corrected chi connectivity index (χ4v) is 4.94. The second-order valence-corrected chi connectivity index (χ2v) is 9.54. The molecule has 202 valence electrons. The number of aromatic hydroxyl groups is 3. The van der Waals surface area contributed by atoms with E-state index in [-0.39, 0.29) is 29.1 Å². The number of rotatable bonds is 3. The first-order valence-corrected chi connectivity index (χ1v) is 12.5. The first-order chi connectivity index (χ1) is 18.8. The average Bonchev–Trinajstić information content (AvgIpc) is 2.93. The van der Waals surface area contributed by atoms with Gasteiger partial charge in [0.2, 0.25) is 0 Å². The van der Waals surface area contributed by atoms with Crippen molar-refractivity contribution in [3.05, 3.63) is 107 Å². The molecule has 4 unspecified atom stereocenters. The summed E-state index contributed by atoms with van der Waals surface area (Å²) >= 11 is 0. The van der Waals surface area contributed by atoms with Crippen molar-refractivity contribution in [3.63, 3.8) is 0 Å². The average molecular weight is 531 g/mol. The second-order valence-electron chi connectivity index (χ2n) is 9.54. The summed E-state index contributed by atoms with van der Waals surface area (Å²) in [7, 11) is 1.62. The Balaban J connectivity index is 0.000000158. The predicted octanol–water partition coefficient (Wildman–Crippen LogP) is 4.92. The van der Waals surface area contributed by atoms with E-state index in [1.807, 2.05) is 30.3 Å². The van der Waals surface area contributed by atoms with Crippen LogP contribution in [-0.4, -0.2) is 45.9 Å². The molecular weight excluding hydrogens is 500 g/mol. The SMILES string of the molecule is COc1cccc(C2COc3cc(O)ccc3C2O)c1.Oc1cccc(C2COc3cc(O)ccc3C2O)c1. The van der Waals surface area contributed by atoms with Gasteiger partial charge in [0.1, 0.15) is 34.5 Å². The second kappa shape index (κ2) is 11.1. The number of fused-ring (bicyclic) bond motifs is 2. The number of aliphatic hydroxyl groups is 2. The molecule has 8 heteroatoms. The number of ether oxygens (including phenoxy) is 3. The van der Waals surface area contributed by atoms with E-state index >= 15 is 0 Å². The van der Waals surface area contributed by atoms with Crippen molar-refractivity contribution >= 4 is 0 Å². The normalized spacial score (nSPS) is 21.2. The minimum absolute atomic E-state index is 0.113. The smallest absolute Gasteiger partial charge is 0.128 e. The van der Waals surface area contributed by atoms with Gasteiger partial charge >= 0.3 is 0 Å². The number of phenols is 3. The lowest BCUT2D eigenvalue weighted by Crippen LogP contribution is -2.24. The number of phenolic OH excluding ortho intramolecular Hbond substituents is 3. The van der Waals surface area contributed by atoms with Gasteiger partial charge in [0.05, 0.1) is 32.5 Å². The van der Waals surface area contributed by atoms with Crippen LogP contribution in [0.25, 0.3) is 0 Å². The monoisotopic (exact) mass is 530 g/mol. The number of benzene rings is 4. The number of hydrogen-bond donors (Lipinski definition) is 5. The standard InChI is InChI=1S/C16H16O4.C15H14O4/c1-19-12-4-2-3-10(7-12)14-9-20-15-8-11(17)5-6-13(15)16(14)18;16-10-3-1-2-9(6-10)13-8-19-14-7-11(17)4-5-12(14)15(13)18/h2-8,14,16-18H,9H2,1H3;1-7,13,15-18H,8H2. The van der Waals surface area contributed by atoms with Crippen LogP contribution in [0.2, 0.25) is 0 Å². The molecule has 5 N–H and O–H groups in total. The minimum atomic E-state index is -0.717. The molecule has 0 saturated heterocycles. The largest absolute Gasteiger partial charge is 0.508 e. The Morgan fingerprint density at radius 2 is 1.10 bits per heavy atom. The van der Waals surface area contributed by atoms with E-state index in [4.69, 9.17) is 14.2 Å². The summed E-state index contributed by atoms with van der Waals surface area (Å²) in [6, 6.07) is 23.9. The number of aliphatic hydroxyl groups excluding tert-OH is 2. The highest BCUT2D eigenvalue weighted by molar-refractivity contribution is 5.46. The summed E-state index contributed by atoms with van der Waals surface area (Å²) in [5.74, 6) is 1.83. The molecule has 0 aromatic heterocycles. The van der Waals surface area contributed by atoms with Gasteiger partial charge in [-0.2, -0.15) is 0 Å². The molecule has 6 rings (SSSR count). The number of methoxy groups -OCH3 is 1. The fourth-order valence-electron chi connectivity index (χ4n) is 4.94. The first kappa shape index (κ1) is 26.2. The van der Waals surface area contributed by atoms with Crippen LogP contribution >= 0.6 is 0 Å². The molecule has 8 nitrogen and oxygen atoms in total. The third kappa shape index (κ3) is 5.57. The van der Waals surface area contributed by atoms with Gasteiger partial charge in [-0.25, -0.2) is 0 Å². The Morgan fingerprint density at radius 3 is 1.62 bits per heavy atom. The highest BCUT2D eigenvalue weighted by Crippen LogP contribution is 2.43. The van der Waals surface area contributed by atoms with Gasteiger partial charge in [0, 0.05) is 35.1 Å². The molecule has 4 aromatic rings. The fraction of sp³-hybridized carbons (Fsp3) is 0.226. The van der Waals surface area contributed by atoms with Gasteiger partial charge < -0.3 is 39.7 Å². The van der Waals surface area contributed by atoms with E-state index in [2.05, 4.69) is 0 Å². The van der Waals surface area contributed by atoms with Crippen molar-refractivity contribution < 1.29 is 39.7 Å². The van der Waals surface area contributed by atoms with Crippen LogP contribution in [-0.2, 0) is 0 Å². The van der Waals surface area contributed by atoms with Crippen molar-refractivity contribution in [1.82, 2.24) is 0 Å². The maximum atomic E-state index is 10.5. The maximum Gasteiger partial charge on any atom is 0.128 e. The van der Waals surface area contributed by atoms with E-state index in [1.54, 1.807) is 43.5 Å². The van der Waals surface area contributed by atoms with Gasteiger partial charge in [-0.1, -0.05) is 24.3 Å². The van der Waals surface area contributed by atoms with Crippen LogP contribution in [0.4, 0.5) is 0 Å². The van der Waals surface area contributed by atoms with Gasteiger partial charge in [-0.05, 0) is 59.7 Å². The van der Waals surface area contributed by atoms with E-state index in [0.29, 0.717) is 35.8 Å². The van der Waals surface area contributed by atoms with Gasteiger partial charge in [0.25, 0.3) is 0 Å². The zero-order valence-corrected chi connectivity index (χ0v) is 21.3. The lowest BCUT2D eigenvalue weighted by Gasteiger charge is -2.30. The molecule has 39 heavy (non-hydrogen) atoms. The molecule has 0 saturated carbocycles. The van der Waals surface area contributed by atoms with E-state index in [1.165, 1.54) is 18.2 Å². The van der Waals surface area contributed by atoms with Gasteiger partial charge in [0.15, 0.2) is 0 Å². The van der Waals surface area contributed by atoms with Crippen molar-refractivity contribution in [2.24, 2.45) is 0 Å². The van der Waals surface area contributed by atoms with Gasteiger partial charge in [-0.15, -0.1) is 0 Å². The highest BCUT2D eigenvalue weighted by atomic mass is 16.5. The maximum absolute atomic E-state index is 10.5. The van der Waals surface area contributed by atoms with Crippen LogP contribution in [0, 0.1) is 0 Å². The van der Waals surface area contributed by atoms with Crippen LogP contribution < -0.4 is 14.2 Å². The summed E-state index contributed by atoms with van der Waals surface area (Å²) in [4.78, 5) is 0. The van der Waals surface area contributed by atoms with Crippen molar-refractivity contribution in [2.75, 3.05) is 20.3 Å². The topological polar surface area (TPSA) is 129 Å². The number of hydrogen-bond acceptors (Lipinski definition) is 8. The molecule has 0 aliphatic carbocycles. The molecule has 4 atom stereocenters. The quantitative estimate of drug-likeness (QED) is 0.253. The summed E-state index contributed by atoms with van der Waals surface area (Å²) in [5.41, 5.74) is 3.14. The lowest BCUT2D eigenvalue weighted by molar-refractivity contribution is 0.0883. The van der Waals surface area contributed by atoms with Crippen LogP contribution in [0.15, 0.2) is 84.9 Å². The molecule has 0 bridgehead atoms. The third-order valence-electron chi connectivity index (χ3n) is 7.05. The molecule has 2 aliphatic rings. The van der Waals surface area contributed by atoms with Crippen LogP contribution in [0.5, 0.6) is 34.5 Å². The van der Waals surface area contributed by atoms with Crippen molar-refractivity contribution in [1.29, 1.82) is 0 Å². The predicted molar refractivity (Wildman–Crippen MR) is 144 cm³/mol. The summed E-state index contributed by atoms with van der Waals surface area (Å²) in [6.45, 7) is 0.672. The molecule has 2 aliphatic heterocycles. The van der Waals surface area contributed by atoms with E-state index in [0.717, 1.165) is 16.9 Å². The Kier molecular flexibility index (Phi) is 7.49. The van der Waals surface area contributed by atoms with E-state index < -0.39 is 12.2 Å². The summed E-state index contributed by atoms with van der Waals surface area (Å²) < 4.78 is 16.4. The molecule has 0 radical (unpaired) electrons. The Labute approximate surface area is 225 Å². The van der Waals surface area contributed by atoms with Crippen LogP contribution in [0.1, 0.15) is 46.3 Å². The molecule has 0 amide bonds. The Bertz CT molecular complexity index is 1450. The Hall–Kier alpha value is -4.40. The van der Waals surface area contributed by atoms with Crippen molar-refractivity contribution in [3.8, 4) is 34.5 Å². The first-order valence-electron chi connectivity index (χ1n) is 12.5. The van der Waals surface area contributed by atoms with Crippen LogP contribution in [0.3, 0.4) is 0 Å². The van der Waals surface area contributed by atoms with Gasteiger partial charge in [-0.3, -0.25) is 0 Å². The minimum Gasteiger partial charge on any atom is -0.508 e. The van der Waals surface area contributed by atoms with Crippen molar-refractivity contribution in [2.45, 2.75) is 24.0 Å².